The first-order chi connectivity index (χ1) is 14.7. The standard InChI is InChI=1S/C25H17ClN2O2/c1-30-19-12-9-17(10-13-19)25(29)28-23-14-11-18(26)15-22(23)27-24(28)21-8-4-6-16-5-2-3-7-20(16)21/h2-15H,1H3. The lowest BCUT2D eigenvalue weighted by Crippen LogP contribution is -2.13. The van der Waals surface area contributed by atoms with Crippen LogP contribution < -0.4 is 4.74 Å². The van der Waals surface area contributed by atoms with Gasteiger partial charge in [0.25, 0.3) is 5.91 Å². The Hall–Kier alpha value is -3.63. The Kier molecular flexibility index (Phi) is 4.49. The Morgan fingerprint density at radius 2 is 1.70 bits per heavy atom. The van der Waals surface area contributed by atoms with Crippen molar-refractivity contribution in [2.75, 3.05) is 7.11 Å². The summed E-state index contributed by atoms with van der Waals surface area (Å²) in [5.41, 5.74) is 2.82. The van der Waals surface area contributed by atoms with E-state index in [1.807, 2.05) is 48.5 Å². The molecule has 5 aromatic rings. The van der Waals surface area contributed by atoms with E-state index in [0.717, 1.165) is 16.3 Å². The van der Waals surface area contributed by atoms with Crippen molar-refractivity contribution < 1.29 is 9.53 Å². The Bertz CT molecular complexity index is 1400. The number of aromatic nitrogens is 2. The molecule has 0 atom stereocenters. The molecule has 1 aromatic heterocycles. The zero-order valence-corrected chi connectivity index (χ0v) is 16.9. The molecule has 0 unspecified atom stereocenters. The number of carbonyl (C=O) groups is 1. The minimum absolute atomic E-state index is 0.162. The van der Waals surface area contributed by atoms with Crippen LogP contribution in [0.2, 0.25) is 5.02 Å². The number of benzene rings is 4. The molecule has 0 fully saturated rings. The van der Waals surface area contributed by atoms with Crippen LogP contribution in [0.4, 0.5) is 0 Å². The number of halogens is 1. The lowest BCUT2D eigenvalue weighted by molar-refractivity contribution is 0.0966. The van der Waals surface area contributed by atoms with Crippen LogP contribution in [0.3, 0.4) is 0 Å². The molecule has 0 aliphatic rings. The third-order valence-electron chi connectivity index (χ3n) is 5.19. The Morgan fingerprint density at radius 1 is 0.933 bits per heavy atom. The largest absolute Gasteiger partial charge is 0.497 e. The minimum Gasteiger partial charge on any atom is -0.497 e. The summed E-state index contributed by atoms with van der Waals surface area (Å²) in [6, 6.07) is 26.6. The van der Waals surface area contributed by atoms with E-state index in [0.29, 0.717) is 33.2 Å². The molecule has 0 spiro atoms. The highest BCUT2D eigenvalue weighted by molar-refractivity contribution is 6.31. The molecular weight excluding hydrogens is 396 g/mol. The number of fused-ring (bicyclic) bond motifs is 2. The van der Waals surface area contributed by atoms with E-state index < -0.39 is 0 Å². The van der Waals surface area contributed by atoms with Crippen molar-refractivity contribution in [3.8, 4) is 17.1 Å². The van der Waals surface area contributed by atoms with Gasteiger partial charge in [-0.15, -0.1) is 0 Å². The molecule has 0 saturated carbocycles. The monoisotopic (exact) mass is 412 g/mol. The summed E-state index contributed by atoms with van der Waals surface area (Å²) in [5, 5.41) is 2.70. The topological polar surface area (TPSA) is 44.1 Å². The average Bonchev–Trinajstić information content (AvgIpc) is 3.16. The summed E-state index contributed by atoms with van der Waals surface area (Å²) in [7, 11) is 1.60. The zero-order chi connectivity index (χ0) is 20.7. The van der Waals surface area contributed by atoms with E-state index in [4.69, 9.17) is 21.3 Å². The molecular formula is C25H17ClN2O2. The summed E-state index contributed by atoms with van der Waals surface area (Å²) in [6.45, 7) is 0. The van der Waals surface area contributed by atoms with Gasteiger partial charge in [-0.3, -0.25) is 9.36 Å². The number of ether oxygens (including phenoxy) is 1. The van der Waals surface area contributed by atoms with Gasteiger partial charge < -0.3 is 4.74 Å². The summed E-state index contributed by atoms with van der Waals surface area (Å²) >= 11 is 6.20. The van der Waals surface area contributed by atoms with Crippen LogP contribution >= 0.6 is 11.6 Å². The number of hydrogen-bond acceptors (Lipinski definition) is 3. The minimum atomic E-state index is -0.162. The molecule has 0 radical (unpaired) electrons. The summed E-state index contributed by atoms with van der Waals surface area (Å²) in [6.07, 6.45) is 0. The predicted molar refractivity (Wildman–Crippen MR) is 120 cm³/mol. The van der Waals surface area contributed by atoms with Gasteiger partial charge in [-0.1, -0.05) is 54.1 Å². The molecule has 0 amide bonds. The SMILES string of the molecule is COc1ccc(C(=O)n2c(-c3cccc4ccccc34)nc3cc(Cl)ccc32)cc1. The van der Waals surface area contributed by atoms with Crippen molar-refractivity contribution in [3.63, 3.8) is 0 Å². The van der Waals surface area contributed by atoms with Crippen molar-refractivity contribution in [3.05, 3.63) is 95.5 Å². The van der Waals surface area contributed by atoms with Gasteiger partial charge in [0, 0.05) is 16.1 Å². The van der Waals surface area contributed by atoms with E-state index in [1.54, 1.807) is 48.1 Å². The fourth-order valence-corrected chi connectivity index (χ4v) is 3.89. The Morgan fingerprint density at radius 3 is 2.50 bits per heavy atom. The van der Waals surface area contributed by atoms with Crippen LogP contribution in [-0.2, 0) is 0 Å². The fraction of sp³-hybridized carbons (Fsp3) is 0.0400. The van der Waals surface area contributed by atoms with E-state index in [2.05, 4.69) is 0 Å². The molecule has 0 aliphatic heterocycles. The first-order valence-electron chi connectivity index (χ1n) is 9.50. The van der Waals surface area contributed by atoms with Crippen LogP contribution in [0.1, 0.15) is 10.4 Å². The summed E-state index contributed by atoms with van der Waals surface area (Å²) < 4.78 is 6.88. The second-order valence-corrected chi connectivity index (χ2v) is 7.40. The van der Waals surface area contributed by atoms with Crippen molar-refractivity contribution >= 4 is 39.3 Å². The van der Waals surface area contributed by atoms with Crippen molar-refractivity contribution in [2.24, 2.45) is 0 Å². The number of rotatable bonds is 3. The molecule has 5 heteroatoms. The van der Waals surface area contributed by atoms with Gasteiger partial charge in [-0.05, 0) is 53.2 Å². The molecule has 5 rings (SSSR count). The maximum absolute atomic E-state index is 13.6. The van der Waals surface area contributed by atoms with Crippen molar-refractivity contribution in [1.29, 1.82) is 0 Å². The highest BCUT2D eigenvalue weighted by Gasteiger charge is 2.21. The second kappa shape index (κ2) is 7.32. The van der Waals surface area contributed by atoms with E-state index >= 15 is 0 Å². The molecule has 4 aromatic carbocycles. The smallest absolute Gasteiger partial charge is 0.264 e. The van der Waals surface area contributed by atoms with E-state index in [9.17, 15) is 4.79 Å². The number of imidazole rings is 1. The quantitative estimate of drug-likeness (QED) is 0.354. The molecule has 1 heterocycles. The van der Waals surface area contributed by atoms with Gasteiger partial charge in [0.05, 0.1) is 18.1 Å². The average molecular weight is 413 g/mol. The van der Waals surface area contributed by atoms with E-state index in [-0.39, 0.29) is 5.91 Å². The van der Waals surface area contributed by atoms with E-state index in [1.165, 1.54) is 0 Å². The number of carbonyl (C=O) groups excluding carboxylic acids is 1. The highest BCUT2D eigenvalue weighted by atomic mass is 35.5. The number of nitrogens with zero attached hydrogens (tertiary/aromatic N) is 2. The van der Waals surface area contributed by atoms with Gasteiger partial charge in [0.1, 0.15) is 11.6 Å². The molecule has 146 valence electrons. The number of methoxy groups -OCH3 is 1. The van der Waals surface area contributed by atoms with Gasteiger partial charge in [0.2, 0.25) is 0 Å². The molecule has 4 nitrogen and oxygen atoms in total. The van der Waals surface area contributed by atoms with Gasteiger partial charge in [-0.25, -0.2) is 4.98 Å². The number of hydrogen-bond donors (Lipinski definition) is 0. The molecule has 0 N–H and O–H groups in total. The fourth-order valence-electron chi connectivity index (χ4n) is 3.72. The van der Waals surface area contributed by atoms with Gasteiger partial charge >= 0.3 is 0 Å². The third-order valence-corrected chi connectivity index (χ3v) is 5.42. The van der Waals surface area contributed by atoms with Crippen molar-refractivity contribution in [2.45, 2.75) is 0 Å². The van der Waals surface area contributed by atoms with Crippen LogP contribution in [-0.4, -0.2) is 22.6 Å². The maximum atomic E-state index is 13.6. The van der Waals surface area contributed by atoms with Crippen LogP contribution in [0.25, 0.3) is 33.2 Å². The lowest BCUT2D eigenvalue weighted by Gasteiger charge is -2.11. The molecule has 0 aliphatic carbocycles. The zero-order valence-electron chi connectivity index (χ0n) is 16.2. The van der Waals surface area contributed by atoms with Crippen LogP contribution in [0.15, 0.2) is 84.9 Å². The van der Waals surface area contributed by atoms with Crippen LogP contribution in [0, 0.1) is 0 Å². The summed E-state index contributed by atoms with van der Waals surface area (Å²) in [5.74, 6) is 1.12. The summed E-state index contributed by atoms with van der Waals surface area (Å²) in [4.78, 5) is 18.4. The lowest BCUT2D eigenvalue weighted by atomic mass is 10.0. The Labute approximate surface area is 178 Å². The molecule has 30 heavy (non-hydrogen) atoms. The molecule has 0 bridgehead atoms. The van der Waals surface area contributed by atoms with Crippen molar-refractivity contribution in [1.82, 2.24) is 9.55 Å². The van der Waals surface area contributed by atoms with Crippen LogP contribution in [0.5, 0.6) is 5.75 Å². The highest BCUT2D eigenvalue weighted by Crippen LogP contribution is 2.32. The predicted octanol–water partition coefficient (Wildman–Crippen LogP) is 6.21. The normalized spacial score (nSPS) is 11.1. The third kappa shape index (κ3) is 3.02. The second-order valence-electron chi connectivity index (χ2n) is 6.96. The van der Waals surface area contributed by atoms with Gasteiger partial charge in [-0.2, -0.15) is 0 Å². The first-order valence-corrected chi connectivity index (χ1v) is 9.88. The maximum Gasteiger partial charge on any atom is 0.264 e. The van der Waals surface area contributed by atoms with Gasteiger partial charge in [0.15, 0.2) is 0 Å². The Balaban J connectivity index is 1.79. The first kappa shape index (κ1) is 18.4. The molecule has 0 saturated heterocycles.